The number of anilines is 4. The summed E-state index contributed by atoms with van der Waals surface area (Å²) in [6.07, 6.45) is 0. The van der Waals surface area contributed by atoms with Gasteiger partial charge in [0.2, 0.25) is 17.8 Å². The van der Waals surface area contributed by atoms with Crippen LogP contribution < -0.4 is 20.7 Å². The molecule has 0 spiro atoms. The zero-order valence-corrected chi connectivity index (χ0v) is 11.4. The molecule has 0 fully saturated rings. The van der Waals surface area contributed by atoms with Gasteiger partial charge in [0.25, 0.3) is 0 Å². The van der Waals surface area contributed by atoms with Gasteiger partial charge >= 0.3 is 6.61 Å². The van der Waals surface area contributed by atoms with Crippen LogP contribution in [0.15, 0.2) is 24.3 Å². The summed E-state index contributed by atoms with van der Waals surface area (Å²) in [6, 6.07) is 6.22. The lowest BCUT2D eigenvalue weighted by Crippen LogP contribution is -2.16. The van der Waals surface area contributed by atoms with Crippen molar-refractivity contribution in [2.24, 2.45) is 0 Å². The third kappa shape index (κ3) is 3.88. The maximum atomic E-state index is 12.4. The van der Waals surface area contributed by atoms with Gasteiger partial charge in [0.05, 0.1) is 5.69 Å². The second-order valence-corrected chi connectivity index (χ2v) is 4.21. The van der Waals surface area contributed by atoms with Gasteiger partial charge in [-0.2, -0.15) is 23.7 Å². The van der Waals surface area contributed by atoms with E-state index in [0.29, 0.717) is 11.6 Å². The summed E-state index contributed by atoms with van der Waals surface area (Å²) in [5.74, 6) is 0.482. The average Bonchev–Trinajstić information content (AvgIpc) is 2.39. The summed E-state index contributed by atoms with van der Waals surface area (Å²) in [7, 11) is 3.48. The quantitative estimate of drug-likeness (QED) is 0.870. The molecule has 0 saturated heterocycles. The Hall–Kier alpha value is -2.71. The van der Waals surface area contributed by atoms with Gasteiger partial charge in [-0.15, -0.1) is 0 Å². The van der Waals surface area contributed by atoms with Crippen molar-refractivity contribution in [2.45, 2.75) is 6.61 Å². The molecule has 21 heavy (non-hydrogen) atoms. The number of alkyl halides is 2. The molecule has 0 aliphatic carbocycles. The number of rotatable bonds is 5. The molecule has 0 unspecified atom stereocenters. The van der Waals surface area contributed by atoms with Crippen molar-refractivity contribution in [1.29, 1.82) is 0 Å². The first-order chi connectivity index (χ1) is 9.95. The lowest BCUT2D eigenvalue weighted by atomic mass is 10.3. The Morgan fingerprint density at radius 3 is 2.57 bits per heavy atom. The Kier molecular flexibility index (Phi) is 4.31. The molecule has 0 bridgehead atoms. The van der Waals surface area contributed by atoms with Gasteiger partial charge in [-0.3, -0.25) is 0 Å². The van der Waals surface area contributed by atoms with Gasteiger partial charge in [-0.25, -0.2) is 0 Å². The van der Waals surface area contributed by atoms with E-state index in [1.54, 1.807) is 37.2 Å². The molecule has 2 aromatic rings. The van der Waals surface area contributed by atoms with Gasteiger partial charge in [0, 0.05) is 14.1 Å². The fourth-order valence-electron chi connectivity index (χ4n) is 1.53. The SMILES string of the molecule is CN(C)c1nc(N)nc(Nc2ccccc2OC(F)F)n1. The molecule has 1 aromatic carbocycles. The monoisotopic (exact) mass is 296 g/mol. The molecule has 1 aromatic heterocycles. The van der Waals surface area contributed by atoms with E-state index in [2.05, 4.69) is 25.0 Å². The van der Waals surface area contributed by atoms with Crippen molar-refractivity contribution in [3.63, 3.8) is 0 Å². The second kappa shape index (κ2) is 6.16. The van der Waals surface area contributed by atoms with Gasteiger partial charge in [-0.05, 0) is 12.1 Å². The van der Waals surface area contributed by atoms with E-state index in [0.717, 1.165) is 0 Å². The van der Waals surface area contributed by atoms with Gasteiger partial charge < -0.3 is 20.7 Å². The summed E-state index contributed by atoms with van der Waals surface area (Å²) < 4.78 is 29.1. The molecule has 9 heteroatoms. The number of nitrogens with two attached hydrogens (primary N) is 1. The number of nitrogen functional groups attached to an aromatic ring is 1. The van der Waals surface area contributed by atoms with E-state index in [1.165, 1.54) is 6.07 Å². The van der Waals surface area contributed by atoms with Gasteiger partial charge in [-0.1, -0.05) is 12.1 Å². The molecular weight excluding hydrogens is 282 g/mol. The number of halogens is 2. The molecule has 0 atom stereocenters. The minimum Gasteiger partial charge on any atom is -0.433 e. The minimum absolute atomic E-state index is 0.0158. The predicted octanol–water partition coefficient (Wildman–Crippen LogP) is 1.86. The van der Waals surface area contributed by atoms with Crippen LogP contribution in [0.1, 0.15) is 0 Å². The van der Waals surface area contributed by atoms with Crippen LogP contribution in [0.3, 0.4) is 0 Å². The standard InChI is InChI=1S/C12H14F2N6O/c1-20(2)12-18-10(15)17-11(19-12)16-7-5-3-4-6-8(7)21-9(13)14/h3-6,9H,1-2H3,(H3,15,16,17,18,19). The Labute approximate surface area is 119 Å². The van der Waals surface area contributed by atoms with Crippen molar-refractivity contribution in [3.05, 3.63) is 24.3 Å². The normalized spacial score (nSPS) is 10.5. The second-order valence-electron chi connectivity index (χ2n) is 4.21. The number of benzene rings is 1. The molecule has 0 radical (unpaired) electrons. The van der Waals surface area contributed by atoms with Crippen LogP contribution >= 0.6 is 0 Å². The zero-order chi connectivity index (χ0) is 15.4. The van der Waals surface area contributed by atoms with E-state index < -0.39 is 6.61 Å². The molecule has 2 rings (SSSR count). The maximum absolute atomic E-state index is 12.4. The molecule has 0 aliphatic heterocycles. The highest BCUT2D eigenvalue weighted by Gasteiger charge is 2.12. The lowest BCUT2D eigenvalue weighted by Gasteiger charge is -2.14. The maximum Gasteiger partial charge on any atom is 0.387 e. The summed E-state index contributed by atoms with van der Waals surface area (Å²) in [4.78, 5) is 13.6. The van der Waals surface area contributed by atoms with Crippen molar-refractivity contribution in [2.75, 3.05) is 30.0 Å². The Morgan fingerprint density at radius 2 is 1.90 bits per heavy atom. The first-order valence-corrected chi connectivity index (χ1v) is 5.95. The van der Waals surface area contributed by atoms with Crippen LogP contribution in [0.25, 0.3) is 0 Å². The molecule has 0 aliphatic rings. The van der Waals surface area contributed by atoms with E-state index in [9.17, 15) is 8.78 Å². The van der Waals surface area contributed by atoms with Crippen molar-refractivity contribution < 1.29 is 13.5 Å². The van der Waals surface area contributed by atoms with E-state index in [-0.39, 0.29) is 17.6 Å². The highest BCUT2D eigenvalue weighted by atomic mass is 19.3. The van der Waals surface area contributed by atoms with E-state index in [4.69, 9.17) is 5.73 Å². The highest BCUT2D eigenvalue weighted by Crippen LogP contribution is 2.27. The number of ether oxygens (including phenoxy) is 1. The topological polar surface area (TPSA) is 89.2 Å². The zero-order valence-electron chi connectivity index (χ0n) is 11.4. The molecule has 0 amide bonds. The minimum atomic E-state index is -2.92. The van der Waals surface area contributed by atoms with Crippen LogP contribution in [0.2, 0.25) is 0 Å². The largest absolute Gasteiger partial charge is 0.433 e. The number of nitrogens with one attached hydrogen (secondary N) is 1. The molecule has 7 nitrogen and oxygen atoms in total. The number of nitrogens with zero attached hydrogens (tertiary/aromatic N) is 4. The highest BCUT2D eigenvalue weighted by molar-refractivity contribution is 5.63. The summed E-state index contributed by atoms with van der Waals surface area (Å²) >= 11 is 0. The van der Waals surface area contributed by atoms with Crippen molar-refractivity contribution >= 4 is 23.5 Å². The van der Waals surface area contributed by atoms with Crippen LogP contribution in [0, 0.1) is 0 Å². The Bertz CT molecular complexity index is 622. The van der Waals surface area contributed by atoms with Gasteiger partial charge in [0.15, 0.2) is 0 Å². The number of aromatic nitrogens is 3. The molecule has 1 heterocycles. The van der Waals surface area contributed by atoms with Crippen LogP contribution in [-0.2, 0) is 0 Å². The van der Waals surface area contributed by atoms with Crippen molar-refractivity contribution in [1.82, 2.24) is 15.0 Å². The molecule has 0 saturated carbocycles. The van der Waals surface area contributed by atoms with E-state index >= 15 is 0 Å². The van der Waals surface area contributed by atoms with Crippen molar-refractivity contribution in [3.8, 4) is 5.75 Å². The van der Waals surface area contributed by atoms with Gasteiger partial charge in [0.1, 0.15) is 5.75 Å². The third-order valence-corrected chi connectivity index (χ3v) is 2.39. The van der Waals surface area contributed by atoms with Crippen LogP contribution in [-0.4, -0.2) is 35.7 Å². The lowest BCUT2D eigenvalue weighted by molar-refractivity contribution is -0.0493. The van der Waals surface area contributed by atoms with Crippen LogP contribution in [0.5, 0.6) is 5.75 Å². The number of para-hydroxylation sites is 2. The first kappa shape index (κ1) is 14.7. The molecule has 112 valence electrons. The van der Waals surface area contributed by atoms with Crippen LogP contribution in [0.4, 0.5) is 32.3 Å². The predicted molar refractivity (Wildman–Crippen MR) is 74.9 cm³/mol. The third-order valence-electron chi connectivity index (χ3n) is 2.39. The average molecular weight is 296 g/mol. The summed E-state index contributed by atoms with van der Waals surface area (Å²) in [5.41, 5.74) is 5.89. The first-order valence-electron chi connectivity index (χ1n) is 5.95. The number of hydrogen-bond acceptors (Lipinski definition) is 7. The Morgan fingerprint density at radius 1 is 1.19 bits per heavy atom. The summed E-state index contributed by atoms with van der Waals surface area (Å²) in [5, 5.41) is 2.79. The fourth-order valence-corrected chi connectivity index (χ4v) is 1.53. The molecule has 3 N–H and O–H groups in total. The fraction of sp³-hybridized carbons (Fsp3) is 0.250. The summed E-state index contributed by atoms with van der Waals surface area (Å²) in [6.45, 7) is -2.92. The number of hydrogen-bond donors (Lipinski definition) is 2. The molecular formula is C12H14F2N6O. The Balaban J connectivity index is 2.30. The smallest absolute Gasteiger partial charge is 0.387 e. The van der Waals surface area contributed by atoms with E-state index in [1.807, 2.05) is 0 Å².